The van der Waals surface area contributed by atoms with Crippen LogP contribution in [0.1, 0.15) is 44.1 Å². The number of hydrogen-bond donors (Lipinski definition) is 1. The quantitative estimate of drug-likeness (QED) is 0.863. The van der Waals surface area contributed by atoms with E-state index in [1.165, 1.54) is 5.56 Å². The normalized spacial score (nSPS) is 26.4. The van der Waals surface area contributed by atoms with Gasteiger partial charge in [-0.15, -0.1) is 0 Å². The van der Waals surface area contributed by atoms with E-state index < -0.39 is 5.97 Å². The molecule has 0 bridgehead atoms. The third kappa shape index (κ3) is 2.87. The molecular weight excluding hydrogens is 212 g/mol. The molecule has 0 aliphatic heterocycles. The Balaban J connectivity index is 1.93. The first-order valence-electron chi connectivity index (χ1n) is 6.46. The standard InChI is InChI=1S/C15H20O2/c1-11(15(16)17)12-7-9-14(10-8-12)13-5-3-2-4-6-13/h2-6,11-12,14H,7-10H2,1H3,(H,16,17)/t11-,12?,14?/m1/s1. The molecule has 1 aromatic rings. The molecular formula is C15H20O2. The topological polar surface area (TPSA) is 37.3 Å². The van der Waals surface area contributed by atoms with E-state index in [9.17, 15) is 4.79 Å². The summed E-state index contributed by atoms with van der Waals surface area (Å²) in [4.78, 5) is 11.0. The molecule has 1 aromatic carbocycles. The summed E-state index contributed by atoms with van der Waals surface area (Å²) >= 11 is 0. The summed E-state index contributed by atoms with van der Waals surface area (Å²) in [5.41, 5.74) is 1.41. The molecule has 2 rings (SSSR count). The minimum atomic E-state index is -0.645. The Kier molecular flexibility index (Phi) is 3.82. The molecule has 1 aliphatic rings. The average Bonchev–Trinajstić information content (AvgIpc) is 2.39. The molecule has 0 heterocycles. The van der Waals surface area contributed by atoms with Crippen LogP contribution in [0.25, 0.3) is 0 Å². The molecule has 1 saturated carbocycles. The van der Waals surface area contributed by atoms with Gasteiger partial charge in [0.1, 0.15) is 0 Å². The van der Waals surface area contributed by atoms with Crippen LogP contribution in [-0.2, 0) is 4.79 Å². The van der Waals surface area contributed by atoms with Crippen LogP contribution in [0, 0.1) is 11.8 Å². The Morgan fingerprint density at radius 2 is 1.76 bits per heavy atom. The molecule has 2 heteroatoms. The second kappa shape index (κ2) is 5.35. The molecule has 1 aliphatic carbocycles. The lowest BCUT2D eigenvalue weighted by atomic mass is 9.74. The van der Waals surface area contributed by atoms with Crippen molar-refractivity contribution in [2.24, 2.45) is 11.8 Å². The van der Waals surface area contributed by atoms with Gasteiger partial charge in [0.25, 0.3) is 0 Å². The maximum absolute atomic E-state index is 11.0. The number of carboxylic acid groups (broad SMARTS) is 1. The van der Waals surface area contributed by atoms with Gasteiger partial charge in [-0.2, -0.15) is 0 Å². The number of rotatable bonds is 3. The number of hydrogen-bond acceptors (Lipinski definition) is 1. The largest absolute Gasteiger partial charge is 0.481 e. The summed E-state index contributed by atoms with van der Waals surface area (Å²) in [6.45, 7) is 1.84. The van der Waals surface area contributed by atoms with E-state index in [1.807, 2.05) is 13.0 Å². The first kappa shape index (κ1) is 12.2. The minimum Gasteiger partial charge on any atom is -0.481 e. The zero-order valence-electron chi connectivity index (χ0n) is 10.3. The molecule has 92 valence electrons. The maximum Gasteiger partial charge on any atom is 0.306 e. The average molecular weight is 232 g/mol. The fourth-order valence-electron chi connectivity index (χ4n) is 2.88. The lowest BCUT2D eigenvalue weighted by molar-refractivity contribution is -0.143. The molecule has 1 atom stereocenters. The lowest BCUT2D eigenvalue weighted by Crippen LogP contribution is -2.24. The van der Waals surface area contributed by atoms with Crippen molar-refractivity contribution < 1.29 is 9.90 Å². The highest BCUT2D eigenvalue weighted by Gasteiger charge is 2.29. The van der Waals surface area contributed by atoms with Crippen LogP contribution < -0.4 is 0 Å². The second-order valence-corrected chi connectivity index (χ2v) is 5.15. The molecule has 17 heavy (non-hydrogen) atoms. The van der Waals surface area contributed by atoms with E-state index in [0.717, 1.165) is 25.7 Å². The van der Waals surface area contributed by atoms with E-state index >= 15 is 0 Å². The number of aliphatic carboxylic acids is 1. The monoisotopic (exact) mass is 232 g/mol. The van der Waals surface area contributed by atoms with Gasteiger partial charge in [0.15, 0.2) is 0 Å². The first-order valence-corrected chi connectivity index (χ1v) is 6.46. The second-order valence-electron chi connectivity index (χ2n) is 5.15. The van der Waals surface area contributed by atoms with Gasteiger partial charge in [0.2, 0.25) is 0 Å². The minimum absolute atomic E-state index is 0.188. The van der Waals surface area contributed by atoms with Crippen LogP contribution in [0.2, 0.25) is 0 Å². The van der Waals surface area contributed by atoms with Crippen molar-refractivity contribution in [1.82, 2.24) is 0 Å². The summed E-state index contributed by atoms with van der Waals surface area (Å²) in [5.74, 6) is 0.167. The molecule has 2 nitrogen and oxygen atoms in total. The fraction of sp³-hybridized carbons (Fsp3) is 0.533. The molecule has 1 N–H and O–H groups in total. The van der Waals surface area contributed by atoms with Gasteiger partial charge in [-0.3, -0.25) is 4.79 Å². The Labute approximate surface area is 103 Å². The van der Waals surface area contributed by atoms with Gasteiger partial charge in [0, 0.05) is 0 Å². The van der Waals surface area contributed by atoms with E-state index in [-0.39, 0.29) is 5.92 Å². The van der Waals surface area contributed by atoms with Gasteiger partial charge in [-0.25, -0.2) is 0 Å². The van der Waals surface area contributed by atoms with Crippen molar-refractivity contribution in [2.75, 3.05) is 0 Å². The Hall–Kier alpha value is -1.31. The highest BCUT2D eigenvalue weighted by atomic mass is 16.4. The Morgan fingerprint density at radius 1 is 1.18 bits per heavy atom. The molecule has 0 radical (unpaired) electrons. The Morgan fingerprint density at radius 3 is 2.29 bits per heavy atom. The predicted octanol–water partition coefficient (Wildman–Crippen LogP) is 3.68. The van der Waals surface area contributed by atoms with Gasteiger partial charge in [-0.05, 0) is 43.1 Å². The molecule has 0 amide bonds. The van der Waals surface area contributed by atoms with Crippen molar-refractivity contribution in [3.63, 3.8) is 0 Å². The molecule has 1 fully saturated rings. The number of benzene rings is 1. The molecule has 0 spiro atoms. The molecule has 0 aromatic heterocycles. The highest BCUT2D eigenvalue weighted by Crippen LogP contribution is 2.38. The van der Waals surface area contributed by atoms with Crippen LogP contribution in [-0.4, -0.2) is 11.1 Å². The van der Waals surface area contributed by atoms with Crippen LogP contribution in [0.4, 0.5) is 0 Å². The fourth-order valence-corrected chi connectivity index (χ4v) is 2.88. The van der Waals surface area contributed by atoms with Gasteiger partial charge in [-0.1, -0.05) is 37.3 Å². The smallest absolute Gasteiger partial charge is 0.306 e. The first-order chi connectivity index (χ1) is 8.18. The Bertz CT molecular complexity index is 364. The van der Waals surface area contributed by atoms with E-state index in [4.69, 9.17) is 5.11 Å². The van der Waals surface area contributed by atoms with Gasteiger partial charge in [0.05, 0.1) is 5.92 Å². The zero-order chi connectivity index (χ0) is 12.3. The van der Waals surface area contributed by atoms with Crippen molar-refractivity contribution in [3.8, 4) is 0 Å². The van der Waals surface area contributed by atoms with Crippen LogP contribution in [0.15, 0.2) is 30.3 Å². The third-order valence-corrected chi connectivity index (χ3v) is 4.14. The van der Waals surface area contributed by atoms with Crippen LogP contribution >= 0.6 is 0 Å². The van der Waals surface area contributed by atoms with Crippen LogP contribution in [0.3, 0.4) is 0 Å². The zero-order valence-corrected chi connectivity index (χ0v) is 10.3. The molecule has 0 saturated heterocycles. The van der Waals surface area contributed by atoms with Crippen molar-refractivity contribution in [2.45, 2.75) is 38.5 Å². The summed E-state index contributed by atoms with van der Waals surface area (Å²) in [7, 11) is 0. The van der Waals surface area contributed by atoms with E-state index in [0.29, 0.717) is 11.8 Å². The summed E-state index contributed by atoms with van der Waals surface area (Å²) in [6, 6.07) is 10.6. The van der Waals surface area contributed by atoms with Crippen molar-refractivity contribution in [1.29, 1.82) is 0 Å². The van der Waals surface area contributed by atoms with Gasteiger partial charge >= 0.3 is 5.97 Å². The summed E-state index contributed by atoms with van der Waals surface area (Å²) in [5, 5.41) is 9.02. The summed E-state index contributed by atoms with van der Waals surface area (Å²) < 4.78 is 0. The third-order valence-electron chi connectivity index (χ3n) is 4.14. The predicted molar refractivity (Wildman–Crippen MR) is 67.9 cm³/mol. The number of carbonyl (C=O) groups is 1. The highest BCUT2D eigenvalue weighted by molar-refractivity contribution is 5.69. The lowest BCUT2D eigenvalue weighted by Gasteiger charge is -2.30. The molecule has 0 unspecified atom stereocenters. The van der Waals surface area contributed by atoms with Crippen molar-refractivity contribution >= 4 is 5.97 Å². The number of carboxylic acids is 1. The maximum atomic E-state index is 11.0. The van der Waals surface area contributed by atoms with E-state index in [1.54, 1.807) is 0 Å². The van der Waals surface area contributed by atoms with Gasteiger partial charge < -0.3 is 5.11 Å². The van der Waals surface area contributed by atoms with Crippen molar-refractivity contribution in [3.05, 3.63) is 35.9 Å². The van der Waals surface area contributed by atoms with Crippen LogP contribution in [0.5, 0.6) is 0 Å². The van der Waals surface area contributed by atoms with E-state index in [2.05, 4.69) is 24.3 Å². The summed E-state index contributed by atoms with van der Waals surface area (Å²) in [6.07, 6.45) is 4.36. The SMILES string of the molecule is C[C@@H](C(=O)O)C1CCC(c2ccccc2)CC1.